The lowest BCUT2D eigenvalue weighted by atomic mass is 10.1. The molecule has 13 heteroatoms. The minimum absolute atomic E-state index is 0.00413. The average molecular weight is 529 g/mol. The molecule has 1 aromatic heterocycles. The first kappa shape index (κ1) is 25.1. The molecule has 3 aromatic carbocycles. The van der Waals surface area contributed by atoms with Crippen LogP contribution in [0.1, 0.15) is 5.56 Å². The van der Waals surface area contributed by atoms with Gasteiger partial charge in [0.05, 0.1) is 18.3 Å². The van der Waals surface area contributed by atoms with Crippen molar-refractivity contribution in [2.75, 3.05) is 7.11 Å². The molecule has 0 spiro atoms. The zero-order valence-electron chi connectivity index (χ0n) is 18.2. The van der Waals surface area contributed by atoms with E-state index in [4.69, 9.17) is 4.74 Å². The Labute approximate surface area is 199 Å². The molecule has 0 aliphatic heterocycles. The van der Waals surface area contributed by atoms with E-state index in [1.165, 1.54) is 26.2 Å². The van der Waals surface area contributed by atoms with Crippen molar-refractivity contribution in [3.05, 3.63) is 93.3 Å². The number of pyridine rings is 1. The summed E-state index contributed by atoms with van der Waals surface area (Å²) in [6, 6.07) is 7.57. The summed E-state index contributed by atoms with van der Waals surface area (Å²) >= 11 is 0. The van der Waals surface area contributed by atoms with Crippen molar-refractivity contribution in [1.29, 1.82) is 0 Å². The van der Waals surface area contributed by atoms with Crippen LogP contribution in [0.15, 0.2) is 52.2 Å². The molecule has 0 N–H and O–H groups in total. The van der Waals surface area contributed by atoms with Crippen LogP contribution in [0.5, 0.6) is 11.5 Å². The summed E-state index contributed by atoms with van der Waals surface area (Å²) in [7, 11) is -3.82. The monoisotopic (exact) mass is 529 g/mol. The van der Waals surface area contributed by atoms with Gasteiger partial charge < -0.3 is 8.92 Å². The molecule has 0 saturated heterocycles. The third kappa shape index (κ3) is 4.04. The van der Waals surface area contributed by atoms with E-state index in [0.717, 1.165) is 34.9 Å². The molecule has 0 bridgehead atoms. The van der Waals surface area contributed by atoms with E-state index in [-0.39, 0.29) is 27.9 Å². The number of rotatable bonds is 5. The van der Waals surface area contributed by atoms with Gasteiger partial charge in [0, 0.05) is 17.5 Å². The molecular formula is C23H13F6NO5S. The second kappa shape index (κ2) is 8.90. The largest absolute Gasteiger partial charge is 0.495 e. The first-order valence-electron chi connectivity index (χ1n) is 9.83. The third-order valence-corrected chi connectivity index (χ3v) is 6.44. The van der Waals surface area contributed by atoms with Gasteiger partial charge in [-0.05, 0) is 42.8 Å². The molecule has 1 heterocycles. The zero-order chi connectivity index (χ0) is 26.5. The molecule has 0 fully saturated rings. The number of halogens is 6. The molecule has 4 rings (SSSR count). The van der Waals surface area contributed by atoms with Crippen molar-refractivity contribution >= 4 is 21.0 Å². The minimum atomic E-state index is -5.12. The Balaban J connectivity index is 1.87. The van der Waals surface area contributed by atoms with Crippen molar-refractivity contribution in [3.8, 4) is 17.2 Å². The van der Waals surface area contributed by atoms with E-state index in [2.05, 4.69) is 4.18 Å². The summed E-state index contributed by atoms with van der Waals surface area (Å²) in [6.45, 7) is 1.48. The lowest BCUT2D eigenvalue weighted by molar-refractivity contribution is 0.346. The van der Waals surface area contributed by atoms with Crippen LogP contribution in [0.3, 0.4) is 0 Å². The second-order valence-electron chi connectivity index (χ2n) is 7.44. The Kier molecular flexibility index (Phi) is 6.20. The first-order valence-corrected chi connectivity index (χ1v) is 11.2. The maximum atomic E-state index is 14.3. The highest BCUT2D eigenvalue weighted by Gasteiger charge is 2.31. The third-order valence-electron chi connectivity index (χ3n) is 5.22. The van der Waals surface area contributed by atoms with Crippen molar-refractivity contribution in [2.45, 2.75) is 11.8 Å². The highest BCUT2D eigenvalue weighted by Crippen LogP contribution is 2.33. The standard InChI is InChI=1S/C23H13F6NO5S/c1-10-7-16(34-2)15(9-13(10)24)30-14-5-4-12(8-11(14)3-6-17(30)31)36(32,33)35-23-21(28)19(26)18(25)20(27)22(23)29/h3-9H,1-2H3. The number of hydrogen-bond acceptors (Lipinski definition) is 5. The highest BCUT2D eigenvalue weighted by molar-refractivity contribution is 7.87. The SMILES string of the molecule is COc1cc(C)c(F)cc1-n1c(=O)ccc2cc(S(=O)(=O)Oc3c(F)c(F)c(F)c(F)c3F)ccc21. The molecule has 0 aliphatic carbocycles. The summed E-state index contributed by atoms with van der Waals surface area (Å²) < 4.78 is 118. The van der Waals surface area contributed by atoms with Crippen LogP contribution in [-0.2, 0) is 10.1 Å². The Bertz CT molecular complexity index is 1690. The summed E-state index contributed by atoms with van der Waals surface area (Å²) in [5.74, 6) is -14.7. The van der Waals surface area contributed by atoms with Crippen LogP contribution in [0.4, 0.5) is 26.3 Å². The van der Waals surface area contributed by atoms with Gasteiger partial charge >= 0.3 is 10.1 Å². The molecule has 0 unspecified atom stereocenters. The number of fused-ring (bicyclic) bond motifs is 1. The van der Waals surface area contributed by atoms with Gasteiger partial charge in [0.2, 0.25) is 34.8 Å². The maximum absolute atomic E-state index is 14.3. The molecule has 36 heavy (non-hydrogen) atoms. The molecular weight excluding hydrogens is 516 g/mol. The summed E-state index contributed by atoms with van der Waals surface area (Å²) in [6.07, 6.45) is 0. The Morgan fingerprint density at radius 3 is 2.03 bits per heavy atom. The minimum Gasteiger partial charge on any atom is -0.495 e. The maximum Gasteiger partial charge on any atom is 0.339 e. The molecule has 0 radical (unpaired) electrons. The molecule has 4 aromatic rings. The predicted molar refractivity (Wildman–Crippen MR) is 115 cm³/mol. The van der Waals surface area contributed by atoms with E-state index in [1.807, 2.05) is 0 Å². The highest BCUT2D eigenvalue weighted by atomic mass is 32.2. The van der Waals surface area contributed by atoms with Crippen LogP contribution in [0.2, 0.25) is 0 Å². The molecule has 0 atom stereocenters. The van der Waals surface area contributed by atoms with Crippen molar-refractivity contribution in [1.82, 2.24) is 4.57 Å². The number of nitrogens with zero attached hydrogens (tertiary/aromatic N) is 1. The van der Waals surface area contributed by atoms with Crippen LogP contribution in [-0.4, -0.2) is 20.1 Å². The van der Waals surface area contributed by atoms with E-state index in [9.17, 15) is 39.6 Å². The molecule has 6 nitrogen and oxygen atoms in total. The fourth-order valence-electron chi connectivity index (χ4n) is 3.43. The smallest absolute Gasteiger partial charge is 0.339 e. The number of benzene rings is 3. The number of ether oxygens (including phenoxy) is 1. The van der Waals surface area contributed by atoms with Crippen molar-refractivity contribution in [3.63, 3.8) is 0 Å². The summed E-state index contributed by atoms with van der Waals surface area (Å²) in [5.41, 5.74) is -0.302. The van der Waals surface area contributed by atoms with Crippen LogP contribution in [0.25, 0.3) is 16.6 Å². The van der Waals surface area contributed by atoms with E-state index in [1.54, 1.807) is 0 Å². The predicted octanol–water partition coefficient (Wildman–Crippen LogP) is 4.91. The van der Waals surface area contributed by atoms with Gasteiger partial charge in [-0.25, -0.2) is 17.6 Å². The molecule has 0 aliphatic rings. The zero-order valence-corrected chi connectivity index (χ0v) is 19.0. The summed E-state index contributed by atoms with van der Waals surface area (Å²) in [5, 5.41) is 0.0692. The topological polar surface area (TPSA) is 74.6 Å². The van der Waals surface area contributed by atoms with Crippen LogP contribution in [0, 0.1) is 41.8 Å². The molecule has 0 saturated carbocycles. The van der Waals surface area contributed by atoms with Gasteiger partial charge in [0.25, 0.3) is 5.56 Å². The fraction of sp³-hybridized carbons (Fsp3) is 0.0870. The summed E-state index contributed by atoms with van der Waals surface area (Å²) in [4.78, 5) is 11.9. The van der Waals surface area contributed by atoms with Gasteiger partial charge in [-0.1, -0.05) is 0 Å². The Hall–Kier alpha value is -4.00. The van der Waals surface area contributed by atoms with Crippen LogP contribution < -0.4 is 14.5 Å². The van der Waals surface area contributed by atoms with Gasteiger partial charge in [-0.3, -0.25) is 9.36 Å². The number of hydrogen-bond donors (Lipinski definition) is 0. The van der Waals surface area contributed by atoms with Gasteiger partial charge in [-0.2, -0.15) is 17.2 Å². The second-order valence-corrected chi connectivity index (χ2v) is 8.98. The van der Waals surface area contributed by atoms with Crippen molar-refractivity contribution < 1.29 is 43.7 Å². The quantitative estimate of drug-likeness (QED) is 0.159. The van der Waals surface area contributed by atoms with E-state index >= 15 is 0 Å². The molecule has 188 valence electrons. The number of aryl methyl sites for hydroxylation is 1. The fourth-order valence-corrected chi connectivity index (χ4v) is 4.39. The lowest BCUT2D eigenvalue weighted by Crippen LogP contribution is -2.19. The van der Waals surface area contributed by atoms with Crippen molar-refractivity contribution in [2.24, 2.45) is 0 Å². The average Bonchev–Trinajstić information content (AvgIpc) is 2.85. The molecule has 0 amide bonds. The Morgan fingerprint density at radius 2 is 1.42 bits per heavy atom. The van der Waals surface area contributed by atoms with Gasteiger partial charge in [0.15, 0.2) is 0 Å². The van der Waals surface area contributed by atoms with E-state index in [0.29, 0.717) is 0 Å². The van der Waals surface area contributed by atoms with Gasteiger partial charge in [0.1, 0.15) is 16.5 Å². The number of aromatic nitrogens is 1. The Morgan fingerprint density at radius 1 is 0.806 bits per heavy atom. The van der Waals surface area contributed by atoms with Gasteiger partial charge in [-0.15, -0.1) is 0 Å². The number of methoxy groups -OCH3 is 1. The normalized spacial score (nSPS) is 11.7. The first-order chi connectivity index (χ1) is 16.9. The lowest BCUT2D eigenvalue weighted by Gasteiger charge is -2.16. The van der Waals surface area contributed by atoms with Crippen LogP contribution >= 0.6 is 0 Å². The van der Waals surface area contributed by atoms with E-state index < -0.39 is 61.2 Å².